The summed E-state index contributed by atoms with van der Waals surface area (Å²) >= 11 is 7.88. The first-order valence-corrected chi connectivity index (χ1v) is 11.2. The normalized spacial score (nSPS) is 14.0. The zero-order chi connectivity index (χ0) is 20.7. The minimum absolute atomic E-state index is 0.0234. The van der Waals surface area contributed by atoms with Crippen LogP contribution in [0.4, 0.5) is 5.00 Å². The molecule has 0 saturated carbocycles. The van der Waals surface area contributed by atoms with Crippen LogP contribution in [-0.4, -0.2) is 17.2 Å². The Morgan fingerprint density at radius 2 is 1.80 bits per heavy atom. The number of rotatable bonds is 4. The van der Waals surface area contributed by atoms with Gasteiger partial charge in [0.15, 0.2) is 5.78 Å². The molecule has 0 spiro atoms. The van der Waals surface area contributed by atoms with E-state index in [-0.39, 0.29) is 5.78 Å². The molecule has 1 aliphatic heterocycles. The number of hydrogen-bond acceptors (Lipinski definition) is 4. The molecule has 150 valence electrons. The van der Waals surface area contributed by atoms with Crippen molar-refractivity contribution in [2.75, 3.05) is 12.3 Å². The van der Waals surface area contributed by atoms with Crippen molar-refractivity contribution in [1.82, 2.24) is 4.90 Å². The lowest BCUT2D eigenvalue weighted by molar-refractivity contribution is 0.103. The summed E-state index contributed by atoms with van der Waals surface area (Å²) in [5, 5.41) is 3.61. The van der Waals surface area contributed by atoms with Crippen LogP contribution in [0.1, 0.15) is 31.9 Å². The standard InChI is InChI=1S/C25H21ClN2OS/c26-21-8-4-3-7-19(21)14-28-12-11-20-22(15-28)30-25(27)23(20)24(29)18-10-9-16-5-1-2-6-17(16)13-18/h1-10,13H,11-12,14-15,27H2. The molecule has 0 atom stereocenters. The van der Waals surface area contributed by atoms with Crippen LogP contribution >= 0.6 is 22.9 Å². The number of halogens is 1. The van der Waals surface area contributed by atoms with Crippen molar-refractivity contribution >= 4 is 44.5 Å². The first-order valence-electron chi connectivity index (χ1n) is 9.99. The number of nitrogen functional groups attached to an aromatic ring is 1. The summed E-state index contributed by atoms with van der Waals surface area (Å²) in [5.41, 5.74) is 9.98. The zero-order valence-corrected chi connectivity index (χ0v) is 18.0. The molecule has 2 heterocycles. The number of carbonyl (C=O) groups is 1. The molecule has 3 nitrogen and oxygen atoms in total. The topological polar surface area (TPSA) is 46.3 Å². The zero-order valence-electron chi connectivity index (χ0n) is 16.4. The van der Waals surface area contributed by atoms with Crippen molar-refractivity contribution in [3.05, 3.63) is 98.9 Å². The fraction of sp³-hybridized carbons (Fsp3) is 0.160. The Kier molecular flexibility index (Phi) is 5.07. The number of carbonyl (C=O) groups excluding carboxylic acids is 1. The average Bonchev–Trinajstić information content (AvgIpc) is 3.09. The molecule has 4 aromatic rings. The largest absolute Gasteiger partial charge is 0.390 e. The molecule has 0 aliphatic carbocycles. The molecule has 0 amide bonds. The van der Waals surface area contributed by atoms with E-state index >= 15 is 0 Å². The number of nitrogens with zero attached hydrogens (tertiary/aromatic N) is 1. The van der Waals surface area contributed by atoms with Crippen LogP contribution in [-0.2, 0) is 19.5 Å². The van der Waals surface area contributed by atoms with Gasteiger partial charge in [-0.3, -0.25) is 9.69 Å². The van der Waals surface area contributed by atoms with Gasteiger partial charge >= 0.3 is 0 Å². The Morgan fingerprint density at radius 1 is 1.03 bits per heavy atom. The van der Waals surface area contributed by atoms with Gasteiger partial charge in [-0.15, -0.1) is 11.3 Å². The van der Waals surface area contributed by atoms with Gasteiger partial charge in [0.1, 0.15) is 0 Å². The minimum Gasteiger partial charge on any atom is -0.390 e. The van der Waals surface area contributed by atoms with Gasteiger partial charge in [0.25, 0.3) is 0 Å². The van der Waals surface area contributed by atoms with E-state index in [9.17, 15) is 4.79 Å². The molecule has 5 heteroatoms. The third-order valence-corrected chi connectivity index (χ3v) is 7.17. The highest BCUT2D eigenvalue weighted by atomic mass is 35.5. The SMILES string of the molecule is Nc1sc2c(c1C(=O)c1ccc3ccccc3c1)CCN(Cc1ccccc1Cl)C2. The Labute approximate surface area is 184 Å². The summed E-state index contributed by atoms with van der Waals surface area (Å²) in [7, 11) is 0. The summed E-state index contributed by atoms with van der Waals surface area (Å²) < 4.78 is 0. The lowest BCUT2D eigenvalue weighted by Gasteiger charge is -2.27. The van der Waals surface area contributed by atoms with Gasteiger partial charge in [-0.05, 0) is 40.5 Å². The number of thiophene rings is 1. The molecule has 1 aliphatic rings. The number of hydrogen-bond donors (Lipinski definition) is 1. The molecule has 0 saturated heterocycles. The Balaban J connectivity index is 1.42. The Morgan fingerprint density at radius 3 is 2.63 bits per heavy atom. The molecule has 0 unspecified atom stereocenters. The number of fused-ring (bicyclic) bond motifs is 2. The second-order valence-electron chi connectivity index (χ2n) is 7.69. The van der Waals surface area contributed by atoms with Crippen LogP contribution < -0.4 is 5.73 Å². The number of nitrogens with two attached hydrogens (primary N) is 1. The summed E-state index contributed by atoms with van der Waals surface area (Å²) in [6.45, 7) is 2.47. The van der Waals surface area contributed by atoms with Crippen molar-refractivity contribution < 1.29 is 4.79 Å². The summed E-state index contributed by atoms with van der Waals surface area (Å²) in [6, 6.07) is 21.9. The molecular weight excluding hydrogens is 412 g/mol. The lowest BCUT2D eigenvalue weighted by Crippen LogP contribution is -2.30. The van der Waals surface area contributed by atoms with Crippen molar-refractivity contribution in [2.24, 2.45) is 0 Å². The minimum atomic E-state index is 0.0234. The molecule has 1 aromatic heterocycles. The van der Waals surface area contributed by atoms with E-state index in [1.165, 1.54) is 4.88 Å². The molecule has 0 radical (unpaired) electrons. The van der Waals surface area contributed by atoms with Crippen molar-refractivity contribution in [3.63, 3.8) is 0 Å². The van der Waals surface area contributed by atoms with Crippen molar-refractivity contribution in [1.29, 1.82) is 0 Å². The van der Waals surface area contributed by atoms with E-state index in [0.717, 1.165) is 53.0 Å². The van der Waals surface area contributed by atoms with Gasteiger partial charge in [0, 0.05) is 35.1 Å². The van der Waals surface area contributed by atoms with E-state index in [1.807, 2.05) is 54.6 Å². The van der Waals surface area contributed by atoms with Crippen LogP contribution in [0.2, 0.25) is 5.02 Å². The highest BCUT2D eigenvalue weighted by Gasteiger charge is 2.27. The molecule has 30 heavy (non-hydrogen) atoms. The Bertz CT molecular complexity index is 1260. The number of benzene rings is 3. The molecule has 3 aromatic carbocycles. The van der Waals surface area contributed by atoms with Crippen LogP contribution in [0.5, 0.6) is 0 Å². The number of ketones is 1. The smallest absolute Gasteiger partial charge is 0.196 e. The van der Waals surface area contributed by atoms with Crippen LogP contribution in [0.25, 0.3) is 10.8 Å². The predicted molar refractivity (Wildman–Crippen MR) is 125 cm³/mol. The van der Waals surface area contributed by atoms with Gasteiger partial charge in [-0.2, -0.15) is 0 Å². The van der Waals surface area contributed by atoms with E-state index in [2.05, 4.69) is 17.0 Å². The second kappa shape index (κ2) is 7.88. The van der Waals surface area contributed by atoms with Crippen molar-refractivity contribution in [2.45, 2.75) is 19.5 Å². The second-order valence-corrected chi connectivity index (χ2v) is 9.23. The maximum absolute atomic E-state index is 13.4. The lowest BCUT2D eigenvalue weighted by atomic mass is 9.95. The third-order valence-electron chi connectivity index (χ3n) is 5.75. The van der Waals surface area contributed by atoms with E-state index in [0.29, 0.717) is 16.1 Å². The maximum atomic E-state index is 13.4. The van der Waals surface area contributed by atoms with Gasteiger partial charge in [-0.1, -0.05) is 66.2 Å². The monoisotopic (exact) mass is 432 g/mol. The molecule has 2 N–H and O–H groups in total. The van der Waals surface area contributed by atoms with Crippen LogP contribution in [0.15, 0.2) is 66.7 Å². The first-order chi connectivity index (χ1) is 14.6. The third kappa shape index (κ3) is 3.52. The molecule has 5 rings (SSSR count). The molecular formula is C25H21ClN2OS. The summed E-state index contributed by atoms with van der Waals surface area (Å²) in [6.07, 6.45) is 0.822. The van der Waals surface area contributed by atoms with Gasteiger partial charge in [0.2, 0.25) is 0 Å². The quantitative estimate of drug-likeness (QED) is 0.407. The first kappa shape index (κ1) is 19.3. The van der Waals surface area contributed by atoms with Crippen LogP contribution in [0, 0.1) is 0 Å². The van der Waals surface area contributed by atoms with E-state index in [4.69, 9.17) is 17.3 Å². The summed E-state index contributed by atoms with van der Waals surface area (Å²) in [4.78, 5) is 16.9. The maximum Gasteiger partial charge on any atom is 0.196 e. The fourth-order valence-electron chi connectivity index (χ4n) is 4.20. The number of anilines is 1. The van der Waals surface area contributed by atoms with Gasteiger partial charge < -0.3 is 5.73 Å². The van der Waals surface area contributed by atoms with Crippen LogP contribution in [0.3, 0.4) is 0 Å². The van der Waals surface area contributed by atoms with E-state index in [1.54, 1.807) is 11.3 Å². The highest BCUT2D eigenvalue weighted by Crippen LogP contribution is 2.37. The molecule has 0 bridgehead atoms. The van der Waals surface area contributed by atoms with Gasteiger partial charge in [-0.25, -0.2) is 0 Å². The summed E-state index contributed by atoms with van der Waals surface area (Å²) in [5.74, 6) is 0.0234. The van der Waals surface area contributed by atoms with E-state index < -0.39 is 0 Å². The van der Waals surface area contributed by atoms with Gasteiger partial charge in [0.05, 0.1) is 10.6 Å². The Hall–Kier alpha value is -2.66. The van der Waals surface area contributed by atoms with Crippen molar-refractivity contribution in [3.8, 4) is 0 Å². The predicted octanol–water partition coefficient (Wildman–Crippen LogP) is 5.93. The highest BCUT2D eigenvalue weighted by molar-refractivity contribution is 7.16. The fourth-order valence-corrected chi connectivity index (χ4v) is 5.56. The average molecular weight is 433 g/mol. The molecule has 0 fully saturated rings.